The Morgan fingerprint density at radius 2 is 1.82 bits per heavy atom. The second-order valence-corrected chi connectivity index (χ2v) is 7.81. The zero-order valence-corrected chi connectivity index (χ0v) is 16.3. The summed E-state index contributed by atoms with van der Waals surface area (Å²) in [6, 6.07) is 13.5. The van der Waals surface area contributed by atoms with E-state index in [4.69, 9.17) is 0 Å². The molecule has 0 aliphatic carbocycles. The number of aromatic nitrogens is 1. The second kappa shape index (κ2) is 6.64. The van der Waals surface area contributed by atoms with Gasteiger partial charge in [-0.2, -0.15) is 0 Å². The minimum absolute atomic E-state index is 0.199. The summed E-state index contributed by atoms with van der Waals surface area (Å²) in [5, 5.41) is 1.37. The number of halogens is 1. The lowest BCUT2D eigenvalue weighted by molar-refractivity contribution is 0.310. The van der Waals surface area contributed by atoms with Gasteiger partial charge in [0.05, 0.1) is 5.52 Å². The molecule has 0 spiro atoms. The molecule has 0 amide bonds. The molecule has 0 fully saturated rings. The molecule has 2 aliphatic rings. The van der Waals surface area contributed by atoms with Crippen molar-refractivity contribution in [3.8, 4) is 0 Å². The van der Waals surface area contributed by atoms with Gasteiger partial charge >= 0.3 is 0 Å². The average molecular weight is 373 g/mol. The normalized spacial score (nSPS) is 17.1. The maximum Gasteiger partial charge on any atom is 0.123 e. The number of hydrogen-bond donors (Lipinski definition) is 0. The number of fused-ring (bicyclic) bond motifs is 3. The first kappa shape index (κ1) is 17.3. The van der Waals surface area contributed by atoms with Crippen molar-refractivity contribution in [1.29, 1.82) is 0 Å². The number of hydrogen-bond acceptors (Lipinski definition) is 2. The van der Waals surface area contributed by atoms with Crippen molar-refractivity contribution >= 4 is 22.2 Å². The largest absolute Gasteiger partial charge is 0.347 e. The lowest BCUT2D eigenvalue weighted by Gasteiger charge is -2.23. The maximum absolute atomic E-state index is 13.2. The van der Waals surface area contributed by atoms with E-state index in [-0.39, 0.29) is 5.82 Å². The number of rotatable bonds is 2. The Balaban J connectivity index is 1.44. The Morgan fingerprint density at radius 3 is 2.57 bits per heavy atom. The highest BCUT2D eigenvalue weighted by Gasteiger charge is 2.21. The van der Waals surface area contributed by atoms with Crippen LogP contribution in [0.1, 0.15) is 16.8 Å². The Kier molecular flexibility index (Phi) is 4.09. The van der Waals surface area contributed by atoms with Crippen LogP contribution >= 0.6 is 0 Å². The van der Waals surface area contributed by atoms with Crippen molar-refractivity contribution in [3.05, 3.63) is 83.5 Å². The van der Waals surface area contributed by atoms with Crippen LogP contribution in [0, 0.1) is 5.82 Å². The summed E-state index contributed by atoms with van der Waals surface area (Å²) in [4.78, 5) is 4.65. The summed E-state index contributed by atoms with van der Waals surface area (Å²) in [6.07, 6.45) is 7.53. The first-order valence-electron chi connectivity index (χ1n) is 9.80. The fourth-order valence-electron chi connectivity index (χ4n) is 4.42. The Morgan fingerprint density at radius 1 is 1.00 bits per heavy atom. The molecule has 0 N–H and O–H groups in total. The van der Waals surface area contributed by atoms with E-state index in [1.54, 1.807) is 0 Å². The molecule has 0 bridgehead atoms. The van der Waals surface area contributed by atoms with E-state index in [1.807, 2.05) is 12.1 Å². The molecule has 3 heterocycles. The molecule has 0 saturated heterocycles. The average Bonchev–Trinajstić information content (AvgIpc) is 3.00. The second-order valence-electron chi connectivity index (χ2n) is 7.81. The standard InChI is InChI=1S/C24H24FN3/c1-26-12-11-23-22(16-26)21-8-7-20(15-24(21)27(23)2)28-13-9-18(10-14-28)17-3-5-19(25)6-4-17/h3-10,13,15H,11-12,14,16H2,1-2H3. The molecule has 28 heavy (non-hydrogen) atoms. The highest BCUT2D eigenvalue weighted by Crippen LogP contribution is 2.33. The molecule has 0 atom stereocenters. The van der Waals surface area contributed by atoms with Crippen LogP contribution in [0.15, 0.2) is 60.8 Å². The van der Waals surface area contributed by atoms with Gasteiger partial charge in [0.25, 0.3) is 0 Å². The summed E-state index contributed by atoms with van der Waals surface area (Å²) >= 11 is 0. The quantitative estimate of drug-likeness (QED) is 0.644. The fraction of sp³-hybridized carbons (Fsp3) is 0.250. The van der Waals surface area contributed by atoms with Gasteiger partial charge in [-0.15, -0.1) is 0 Å². The first-order chi connectivity index (χ1) is 13.6. The SMILES string of the molecule is CN1CCc2c(c3ccc(N4C=CC(c5ccc(F)cc5)=CC4)cc3n2C)C1. The molecular weight excluding hydrogens is 349 g/mol. The van der Waals surface area contributed by atoms with Gasteiger partial charge in [-0.1, -0.05) is 24.3 Å². The minimum atomic E-state index is -0.199. The zero-order chi connectivity index (χ0) is 19.3. The van der Waals surface area contributed by atoms with Crippen LogP contribution < -0.4 is 4.90 Å². The van der Waals surface area contributed by atoms with Crippen molar-refractivity contribution in [1.82, 2.24) is 9.47 Å². The van der Waals surface area contributed by atoms with E-state index in [0.29, 0.717) is 0 Å². The van der Waals surface area contributed by atoms with Gasteiger partial charge < -0.3 is 14.4 Å². The first-order valence-corrected chi connectivity index (χ1v) is 9.80. The summed E-state index contributed by atoms with van der Waals surface area (Å²) in [6.45, 7) is 2.96. The van der Waals surface area contributed by atoms with E-state index in [0.717, 1.165) is 37.2 Å². The van der Waals surface area contributed by atoms with Gasteiger partial charge in [0.15, 0.2) is 0 Å². The van der Waals surface area contributed by atoms with E-state index in [9.17, 15) is 4.39 Å². The van der Waals surface area contributed by atoms with Gasteiger partial charge in [0.1, 0.15) is 5.82 Å². The lowest BCUT2D eigenvalue weighted by atomic mass is 10.0. The van der Waals surface area contributed by atoms with Gasteiger partial charge in [-0.3, -0.25) is 0 Å². The number of nitrogens with zero attached hydrogens (tertiary/aromatic N) is 3. The van der Waals surface area contributed by atoms with Crippen molar-refractivity contribution in [3.63, 3.8) is 0 Å². The van der Waals surface area contributed by atoms with Crippen LogP contribution in [0.3, 0.4) is 0 Å². The predicted molar refractivity (Wildman–Crippen MR) is 114 cm³/mol. The molecule has 5 rings (SSSR count). The van der Waals surface area contributed by atoms with Gasteiger partial charge in [0.2, 0.25) is 0 Å². The molecule has 2 aromatic carbocycles. The molecule has 142 valence electrons. The summed E-state index contributed by atoms with van der Waals surface area (Å²) in [7, 11) is 4.38. The highest BCUT2D eigenvalue weighted by atomic mass is 19.1. The third kappa shape index (κ3) is 2.85. The van der Waals surface area contributed by atoms with Crippen LogP contribution in [-0.4, -0.2) is 29.6 Å². The van der Waals surface area contributed by atoms with Crippen molar-refractivity contribution in [2.45, 2.75) is 13.0 Å². The molecule has 0 saturated carbocycles. The Labute approximate surface area is 165 Å². The summed E-state index contributed by atoms with van der Waals surface area (Å²) in [5.41, 5.74) is 7.63. The van der Waals surface area contributed by atoms with Crippen LogP contribution in [-0.2, 0) is 20.0 Å². The topological polar surface area (TPSA) is 11.4 Å². The molecule has 3 aromatic rings. The number of benzene rings is 2. The van der Waals surface area contributed by atoms with E-state index >= 15 is 0 Å². The number of likely N-dealkylation sites (N-methyl/N-ethyl adjacent to an activating group) is 1. The van der Waals surface area contributed by atoms with Crippen LogP contribution in [0.4, 0.5) is 10.1 Å². The van der Waals surface area contributed by atoms with Gasteiger partial charge in [-0.05, 0) is 54.1 Å². The Bertz CT molecular complexity index is 1110. The molecule has 2 aliphatic heterocycles. The molecule has 0 unspecified atom stereocenters. The van der Waals surface area contributed by atoms with Crippen LogP contribution in [0.5, 0.6) is 0 Å². The highest BCUT2D eigenvalue weighted by molar-refractivity contribution is 5.89. The minimum Gasteiger partial charge on any atom is -0.347 e. The Hall–Kier alpha value is -2.85. The smallest absolute Gasteiger partial charge is 0.123 e. The van der Waals surface area contributed by atoms with E-state index in [1.165, 1.54) is 40.0 Å². The molecule has 4 heteroatoms. The molecule has 0 radical (unpaired) electrons. The predicted octanol–water partition coefficient (Wildman–Crippen LogP) is 4.72. The number of anilines is 1. The zero-order valence-electron chi connectivity index (χ0n) is 16.3. The summed E-state index contributed by atoms with van der Waals surface area (Å²) < 4.78 is 15.5. The fourth-order valence-corrected chi connectivity index (χ4v) is 4.42. The van der Waals surface area contributed by atoms with Gasteiger partial charge in [0, 0.05) is 56.1 Å². The number of allylic oxidation sites excluding steroid dienone is 2. The third-order valence-corrected chi connectivity index (χ3v) is 6.03. The monoisotopic (exact) mass is 373 g/mol. The maximum atomic E-state index is 13.2. The molecule has 3 nitrogen and oxygen atoms in total. The van der Waals surface area contributed by atoms with Gasteiger partial charge in [-0.25, -0.2) is 4.39 Å². The van der Waals surface area contributed by atoms with Crippen molar-refractivity contribution in [2.24, 2.45) is 7.05 Å². The van der Waals surface area contributed by atoms with Crippen LogP contribution in [0.2, 0.25) is 0 Å². The van der Waals surface area contributed by atoms with Crippen LogP contribution in [0.25, 0.3) is 16.5 Å². The van der Waals surface area contributed by atoms with Crippen molar-refractivity contribution in [2.75, 3.05) is 25.0 Å². The van der Waals surface area contributed by atoms with E-state index in [2.05, 4.69) is 65.0 Å². The lowest BCUT2D eigenvalue weighted by Crippen LogP contribution is -2.26. The molecular formula is C24H24FN3. The third-order valence-electron chi connectivity index (χ3n) is 6.03. The van der Waals surface area contributed by atoms with Crippen molar-refractivity contribution < 1.29 is 4.39 Å². The van der Waals surface area contributed by atoms with E-state index < -0.39 is 0 Å². The number of aryl methyl sites for hydroxylation is 1. The summed E-state index contributed by atoms with van der Waals surface area (Å²) in [5.74, 6) is -0.199. The molecule has 1 aromatic heterocycles.